The quantitative estimate of drug-likeness (QED) is 0.454. The third-order valence-electron chi connectivity index (χ3n) is 4.41. The van der Waals surface area contributed by atoms with Gasteiger partial charge in [-0.15, -0.1) is 0 Å². The molecule has 2 aromatic rings. The smallest absolute Gasteiger partial charge is 0.316 e. The van der Waals surface area contributed by atoms with Crippen LogP contribution >= 0.6 is 0 Å². The van der Waals surface area contributed by atoms with Crippen molar-refractivity contribution < 1.29 is 19.1 Å². The van der Waals surface area contributed by atoms with E-state index in [4.69, 9.17) is 4.74 Å². The van der Waals surface area contributed by atoms with Crippen molar-refractivity contribution in [3.05, 3.63) is 54.6 Å². The lowest BCUT2D eigenvalue weighted by Gasteiger charge is -2.15. The number of hydrogen-bond acceptors (Lipinski definition) is 5. The lowest BCUT2D eigenvalue weighted by atomic mass is 9.91. The molecule has 0 aliphatic rings. The number of Topliss-reactive ketones (excluding diaryl/α,β-unsaturated/α-hetero) is 1. The molecule has 1 amide bonds. The van der Waals surface area contributed by atoms with Crippen molar-refractivity contribution in [2.45, 2.75) is 33.1 Å². The average Bonchev–Trinajstić information content (AvgIpc) is 2.71. The summed E-state index contributed by atoms with van der Waals surface area (Å²) in [7, 11) is 1.27. The minimum absolute atomic E-state index is 0.00592. The number of anilines is 3. The average molecular weight is 396 g/mol. The first-order valence-corrected chi connectivity index (χ1v) is 9.71. The van der Waals surface area contributed by atoms with E-state index < -0.39 is 11.9 Å². The van der Waals surface area contributed by atoms with Crippen molar-refractivity contribution in [1.82, 2.24) is 0 Å². The van der Waals surface area contributed by atoms with Crippen LogP contribution in [-0.4, -0.2) is 24.8 Å². The van der Waals surface area contributed by atoms with Crippen molar-refractivity contribution >= 4 is 34.7 Å². The van der Waals surface area contributed by atoms with Crippen LogP contribution in [0.2, 0.25) is 0 Å². The van der Waals surface area contributed by atoms with Gasteiger partial charge in [-0.3, -0.25) is 14.4 Å². The summed E-state index contributed by atoms with van der Waals surface area (Å²) < 4.78 is 4.72. The fourth-order valence-corrected chi connectivity index (χ4v) is 2.93. The number of rotatable bonds is 10. The first kappa shape index (κ1) is 22.1. The summed E-state index contributed by atoms with van der Waals surface area (Å²) in [6, 6.07) is 17.1. The third kappa shape index (κ3) is 7.41. The molecule has 2 aromatic carbocycles. The normalized spacial score (nSPS) is 11.6. The Morgan fingerprint density at radius 2 is 1.45 bits per heavy atom. The molecular formula is C23H28N2O4. The molecule has 0 aliphatic carbocycles. The maximum absolute atomic E-state index is 12.4. The number of carbonyl (C=O) groups is 3. The summed E-state index contributed by atoms with van der Waals surface area (Å²) in [5.74, 6) is -1.69. The van der Waals surface area contributed by atoms with Gasteiger partial charge >= 0.3 is 5.97 Å². The lowest BCUT2D eigenvalue weighted by molar-refractivity contribution is -0.150. The number of para-hydroxylation sites is 1. The Balaban J connectivity index is 1.85. The summed E-state index contributed by atoms with van der Waals surface area (Å²) in [6.45, 7) is 3.87. The monoisotopic (exact) mass is 396 g/mol. The predicted octanol–water partition coefficient (Wildman–Crippen LogP) is 4.55. The van der Waals surface area contributed by atoms with Crippen molar-refractivity contribution in [2.24, 2.45) is 11.8 Å². The van der Waals surface area contributed by atoms with Gasteiger partial charge in [0.25, 0.3) is 0 Å². The van der Waals surface area contributed by atoms with Gasteiger partial charge in [-0.25, -0.2) is 0 Å². The summed E-state index contributed by atoms with van der Waals surface area (Å²) in [5, 5.41) is 6.04. The zero-order chi connectivity index (χ0) is 21.2. The zero-order valence-corrected chi connectivity index (χ0v) is 17.1. The summed E-state index contributed by atoms with van der Waals surface area (Å²) in [5.41, 5.74) is 2.52. The molecule has 0 heterocycles. The molecule has 2 rings (SSSR count). The van der Waals surface area contributed by atoms with Gasteiger partial charge < -0.3 is 15.4 Å². The second-order valence-corrected chi connectivity index (χ2v) is 7.29. The number of nitrogens with one attached hydrogen (secondary N) is 2. The van der Waals surface area contributed by atoms with Gasteiger partial charge in [0.15, 0.2) is 0 Å². The van der Waals surface area contributed by atoms with E-state index in [9.17, 15) is 14.4 Å². The van der Waals surface area contributed by atoms with E-state index in [1.807, 2.05) is 56.3 Å². The fourth-order valence-electron chi connectivity index (χ4n) is 2.93. The van der Waals surface area contributed by atoms with Crippen LogP contribution in [0.1, 0.15) is 33.1 Å². The number of ketones is 1. The second-order valence-electron chi connectivity index (χ2n) is 7.29. The van der Waals surface area contributed by atoms with Crippen LogP contribution in [-0.2, 0) is 19.1 Å². The first-order valence-electron chi connectivity index (χ1n) is 9.71. The molecule has 0 aliphatic heterocycles. The van der Waals surface area contributed by atoms with Gasteiger partial charge in [0.1, 0.15) is 11.7 Å². The Morgan fingerprint density at radius 1 is 0.862 bits per heavy atom. The summed E-state index contributed by atoms with van der Waals surface area (Å²) >= 11 is 0. The molecule has 6 heteroatoms. The van der Waals surface area contributed by atoms with Gasteiger partial charge in [0, 0.05) is 29.9 Å². The fraction of sp³-hybridized carbons (Fsp3) is 0.348. The molecule has 0 aromatic heterocycles. The Morgan fingerprint density at radius 3 is 2.03 bits per heavy atom. The van der Waals surface area contributed by atoms with E-state index >= 15 is 0 Å². The van der Waals surface area contributed by atoms with Crippen molar-refractivity contribution in [2.75, 3.05) is 17.7 Å². The molecule has 0 bridgehead atoms. The van der Waals surface area contributed by atoms with E-state index in [2.05, 4.69) is 10.6 Å². The Kier molecular flexibility index (Phi) is 8.40. The molecule has 0 unspecified atom stereocenters. The predicted molar refractivity (Wildman–Crippen MR) is 114 cm³/mol. The highest BCUT2D eigenvalue weighted by molar-refractivity contribution is 6.01. The van der Waals surface area contributed by atoms with Gasteiger partial charge in [-0.2, -0.15) is 0 Å². The highest BCUT2D eigenvalue weighted by atomic mass is 16.5. The number of hydrogen-bond donors (Lipinski definition) is 2. The molecule has 0 radical (unpaired) electrons. The second kappa shape index (κ2) is 11.0. The van der Waals surface area contributed by atoms with E-state index in [1.165, 1.54) is 7.11 Å². The van der Waals surface area contributed by atoms with Crippen LogP contribution in [0.25, 0.3) is 0 Å². The third-order valence-corrected chi connectivity index (χ3v) is 4.41. The molecule has 6 nitrogen and oxygen atoms in total. The summed E-state index contributed by atoms with van der Waals surface area (Å²) in [4.78, 5) is 36.4. The van der Waals surface area contributed by atoms with Gasteiger partial charge in [0.2, 0.25) is 5.91 Å². The number of methoxy groups -OCH3 is 1. The molecule has 2 N–H and O–H groups in total. The molecule has 0 fully saturated rings. The maximum atomic E-state index is 12.4. The van der Waals surface area contributed by atoms with E-state index in [0.717, 1.165) is 11.4 Å². The van der Waals surface area contributed by atoms with Crippen LogP contribution in [0.15, 0.2) is 54.6 Å². The minimum atomic E-state index is -0.809. The lowest BCUT2D eigenvalue weighted by Crippen LogP contribution is -2.27. The van der Waals surface area contributed by atoms with Gasteiger partial charge in [-0.05, 0) is 48.7 Å². The van der Waals surface area contributed by atoms with Crippen LogP contribution in [0.4, 0.5) is 17.1 Å². The molecule has 0 saturated carbocycles. The largest absolute Gasteiger partial charge is 0.468 e. The van der Waals surface area contributed by atoms with Gasteiger partial charge in [0.05, 0.1) is 7.11 Å². The van der Waals surface area contributed by atoms with Crippen LogP contribution in [0, 0.1) is 11.8 Å². The molecule has 29 heavy (non-hydrogen) atoms. The first-order chi connectivity index (χ1) is 13.9. The highest BCUT2D eigenvalue weighted by Crippen LogP contribution is 2.20. The van der Waals surface area contributed by atoms with Gasteiger partial charge in [-0.1, -0.05) is 32.0 Å². The molecule has 154 valence electrons. The zero-order valence-electron chi connectivity index (χ0n) is 17.1. The van der Waals surface area contributed by atoms with E-state index in [0.29, 0.717) is 12.1 Å². The Bertz CT molecular complexity index is 817. The minimum Gasteiger partial charge on any atom is -0.468 e. The molecular weight excluding hydrogens is 368 g/mol. The van der Waals surface area contributed by atoms with Crippen LogP contribution < -0.4 is 10.6 Å². The molecule has 0 saturated heterocycles. The van der Waals surface area contributed by atoms with E-state index in [1.54, 1.807) is 12.1 Å². The summed E-state index contributed by atoms with van der Waals surface area (Å²) in [6.07, 6.45) is 0.448. The topological polar surface area (TPSA) is 84.5 Å². The van der Waals surface area contributed by atoms with Crippen molar-refractivity contribution in [1.29, 1.82) is 0 Å². The Labute approximate surface area is 171 Å². The van der Waals surface area contributed by atoms with E-state index in [-0.39, 0.29) is 30.4 Å². The molecule has 1 atom stereocenters. The van der Waals surface area contributed by atoms with Crippen molar-refractivity contribution in [3.8, 4) is 0 Å². The number of carbonyl (C=O) groups excluding carboxylic acids is 3. The van der Waals surface area contributed by atoms with Crippen LogP contribution in [0.5, 0.6) is 0 Å². The molecule has 0 spiro atoms. The number of ether oxygens (including phenoxy) is 1. The Hall–Kier alpha value is -3.15. The maximum Gasteiger partial charge on any atom is 0.316 e. The standard InChI is InChI=1S/C23H28N2O4/c1-16(2)15-20(23(28)29-3)21(26)13-14-22(27)25-19-11-9-18(10-12-19)24-17-7-5-4-6-8-17/h4-12,16,20,24H,13-15H2,1-3H3,(H,25,27)/t20-/m0/s1. The number of benzene rings is 2. The highest BCUT2D eigenvalue weighted by Gasteiger charge is 2.28. The number of esters is 1. The van der Waals surface area contributed by atoms with Crippen LogP contribution in [0.3, 0.4) is 0 Å². The van der Waals surface area contributed by atoms with Crippen molar-refractivity contribution in [3.63, 3.8) is 0 Å². The SMILES string of the molecule is COC(=O)[C@@H](CC(C)C)C(=O)CCC(=O)Nc1ccc(Nc2ccccc2)cc1. The number of amides is 1.